The molecule has 20 heavy (non-hydrogen) atoms. The number of hydrogen-bond acceptors (Lipinski definition) is 3. The van der Waals surface area contributed by atoms with Crippen LogP contribution in [0.3, 0.4) is 0 Å². The van der Waals surface area contributed by atoms with Crippen molar-refractivity contribution in [3.8, 4) is 0 Å². The number of halogens is 2. The number of carbonyl (C=O) groups is 1. The van der Waals surface area contributed by atoms with Gasteiger partial charge in [-0.15, -0.1) is 0 Å². The Morgan fingerprint density at radius 1 is 1.60 bits per heavy atom. The van der Waals surface area contributed by atoms with Crippen LogP contribution in [0, 0.1) is 11.7 Å². The van der Waals surface area contributed by atoms with Gasteiger partial charge in [-0.05, 0) is 46.8 Å². The first-order valence-electron chi connectivity index (χ1n) is 6.49. The predicted molar refractivity (Wildman–Crippen MR) is 77.9 cm³/mol. The van der Waals surface area contributed by atoms with E-state index in [2.05, 4.69) is 15.9 Å². The number of piperidine rings is 1. The molecule has 1 heterocycles. The molecule has 1 saturated heterocycles. The summed E-state index contributed by atoms with van der Waals surface area (Å²) < 4.78 is 19.5. The average molecular weight is 346 g/mol. The fourth-order valence-electron chi connectivity index (χ4n) is 2.60. The largest absolute Gasteiger partial charge is 0.478 e. The van der Waals surface area contributed by atoms with E-state index in [4.69, 9.17) is 9.84 Å². The third kappa shape index (κ3) is 3.12. The number of benzene rings is 1. The lowest BCUT2D eigenvalue weighted by Crippen LogP contribution is -2.37. The van der Waals surface area contributed by atoms with Gasteiger partial charge in [-0.3, -0.25) is 0 Å². The van der Waals surface area contributed by atoms with E-state index in [0.29, 0.717) is 18.2 Å². The monoisotopic (exact) mass is 345 g/mol. The van der Waals surface area contributed by atoms with E-state index < -0.39 is 11.8 Å². The van der Waals surface area contributed by atoms with Gasteiger partial charge in [-0.25, -0.2) is 9.18 Å². The van der Waals surface area contributed by atoms with Crippen LogP contribution < -0.4 is 4.90 Å². The molecule has 0 amide bonds. The molecule has 1 atom stereocenters. The third-order valence-corrected chi connectivity index (χ3v) is 4.33. The maximum absolute atomic E-state index is 14.3. The number of carboxylic acid groups (broad SMARTS) is 1. The quantitative estimate of drug-likeness (QED) is 0.910. The second-order valence-corrected chi connectivity index (χ2v) is 5.77. The Morgan fingerprint density at radius 3 is 3.00 bits per heavy atom. The molecule has 1 unspecified atom stereocenters. The van der Waals surface area contributed by atoms with E-state index in [9.17, 15) is 9.18 Å². The summed E-state index contributed by atoms with van der Waals surface area (Å²) in [6, 6.07) is 2.98. The van der Waals surface area contributed by atoms with Crippen LogP contribution in [0.1, 0.15) is 23.2 Å². The van der Waals surface area contributed by atoms with Crippen molar-refractivity contribution in [2.75, 3.05) is 31.7 Å². The number of methoxy groups -OCH3 is 1. The van der Waals surface area contributed by atoms with Gasteiger partial charge in [0.25, 0.3) is 0 Å². The number of rotatable bonds is 4. The van der Waals surface area contributed by atoms with Crippen LogP contribution in [0.4, 0.5) is 10.1 Å². The van der Waals surface area contributed by atoms with Gasteiger partial charge in [0.1, 0.15) is 0 Å². The molecule has 0 spiro atoms. The minimum atomic E-state index is -1.14. The number of nitrogens with zero attached hydrogens (tertiary/aromatic N) is 1. The summed E-state index contributed by atoms with van der Waals surface area (Å²) in [4.78, 5) is 12.9. The molecule has 110 valence electrons. The van der Waals surface area contributed by atoms with Crippen molar-refractivity contribution in [1.29, 1.82) is 0 Å². The summed E-state index contributed by atoms with van der Waals surface area (Å²) in [6.45, 7) is 2.16. The van der Waals surface area contributed by atoms with Gasteiger partial charge in [0.2, 0.25) is 0 Å². The van der Waals surface area contributed by atoms with Gasteiger partial charge in [0, 0.05) is 20.2 Å². The predicted octanol–water partition coefficient (Wildman–Crippen LogP) is 3.15. The molecule has 1 aromatic rings. The molecular formula is C14H17BrFNO3. The van der Waals surface area contributed by atoms with Gasteiger partial charge in [0.05, 0.1) is 22.3 Å². The number of hydrogen-bond donors (Lipinski definition) is 1. The van der Waals surface area contributed by atoms with Crippen LogP contribution in [0.2, 0.25) is 0 Å². The lowest BCUT2D eigenvalue weighted by atomic mass is 9.98. The van der Waals surface area contributed by atoms with Gasteiger partial charge in [-0.1, -0.05) is 0 Å². The fourth-order valence-corrected chi connectivity index (χ4v) is 3.11. The molecule has 1 aliphatic heterocycles. The van der Waals surface area contributed by atoms with Crippen molar-refractivity contribution in [2.45, 2.75) is 12.8 Å². The number of anilines is 1. The molecule has 0 bridgehead atoms. The maximum Gasteiger partial charge on any atom is 0.336 e. The summed E-state index contributed by atoms with van der Waals surface area (Å²) in [7, 11) is 1.66. The van der Waals surface area contributed by atoms with Gasteiger partial charge in [0.15, 0.2) is 5.82 Å². The standard InChI is InChI=1S/C14H17BrFNO3/c1-20-8-9-3-2-6-17(7-9)11-5-4-10(14(18)19)12(15)13(11)16/h4-5,9H,2-3,6-8H2,1H3,(H,18,19). The van der Waals surface area contributed by atoms with Crippen molar-refractivity contribution < 1.29 is 19.0 Å². The lowest BCUT2D eigenvalue weighted by Gasteiger charge is -2.34. The van der Waals surface area contributed by atoms with Gasteiger partial charge in [-0.2, -0.15) is 0 Å². The highest BCUT2D eigenvalue weighted by Gasteiger charge is 2.24. The zero-order chi connectivity index (χ0) is 14.7. The Kier molecular flexibility index (Phi) is 4.99. The molecule has 2 rings (SSSR count). The molecular weight excluding hydrogens is 329 g/mol. The van der Waals surface area contributed by atoms with Crippen molar-refractivity contribution >= 4 is 27.6 Å². The van der Waals surface area contributed by atoms with Crippen LogP contribution in [0.5, 0.6) is 0 Å². The van der Waals surface area contributed by atoms with E-state index in [-0.39, 0.29) is 10.0 Å². The zero-order valence-electron chi connectivity index (χ0n) is 11.2. The highest BCUT2D eigenvalue weighted by atomic mass is 79.9. The highest BCUT2D eigenvalue weighted by molar-refractivity contribution is 9.10. The molecule has 1 N–H and O–H groups in total. The van der Waals surface area contributed by atoms with E-state index in [1.54, 1.807) is 13.2 Å². The molecule has 0 aliphatic carbocycles. The molecule has 0 aromatic heterocycles. The Morgan fingerprint density at radius 2 is 2.35 bits per heavy atom. The van der Waals surface area contributed by atoms with Crippen LogP contribution in [0.15, 0.2) is 16.6 Å². The average Bonchev–Trinajstić information content (AvgIpc) is 2.42. The smallest absolute Gasteiger partial charge is 0.336 e. The van der Waals surface area contributed by atoms with E-state index >= 15 is 0 Å². The SMILES string of the molecule is COCC1CCCN(c2ccc(C(=O)O)c(Br)c2F)C1. The van der Waals surface area contributed by atoms with Crippen LogP contribution >= 0.6 is 15.9 Å². The molecule has 0 saturated carbocycles. The maximum atomic E-state index is 14.3. The highest BCUT2D eigenvalue weighted by Crippen LogP contribution is 2.32. The molecule has 6 heteroatoms. The lowest BCUT2D eigenvalue weighted by molar-refractivity contribution is 0.0695. The molecule has 0 radical (unpaired) electrons. The summed E-state index contributed by atoms with van der Waals surface area (Å²) in [5, 5.41) is 8.98. The Balaban J connectivity index is 2.24. The Labute approximate surface area is 125 Å². The van der Waals surface area contributed by atoms with Crippen molar-refractivity contribution in [3.05, 3.63) is 28.0 Å². The van der Waals surface area contributed by atoms with E-state index in [0.717, 1.165) is 25.9 Å². The third-order valence-electron chi connectivity index (χ3n) is 3.55. The minimum Gasteiger partial charge on any atom is -0.478 e. The normalized spacial score (nSPS) is 19.1. The number of carboxylic acids is 1. The summed E-state index contributed by atoms with van der Waals surface area (Å²) in [5.41, 5.74) is 0.388. The number of aromatic carboxylic acids is 1. The summed E-state index contributed by atoms with van der Waals surface area (Å²) >= 11 is 3.04. The topological polar surface area (TPSA) is 49.8 Å². The first kappa shape index (κ1) is 15.3. The molecule has 1 aliphatic rings. The first-order chi connectivity index (χ1) is 9.54. The van der Waals surface area contributed by atoms with Crippen molar-refractivity contribution in [1.82, 2.24) is 0 Å². The fraction of sp³-hybridized carbons (Fsp3) is 0.500. The molecule has 4 nitrogen and oxygen atoms in total. The molecule has 1 aromatic carbocycles. The van der Waals surface area contributed by atoms with Crippen LogP contribution in [0.25, 0.3) is 0 Å². The van der Waals surface area contributed by atoms with E-state index in [1.807, 2.05) is 4.90 Å². The van der Waals surface area contributed by atoms with Gasteiger partial charge >= 0.3 is 5.97 Å². The van der Waals surface area contributed by atoms with Crippen molar-refractivity contribution in [3.63, 3.8) is 0 Å². The summed E-state index contributed by atoms with van der Waals surface area (Å²) in [6.07, 6.45) is 2.05. The first-order valence-corrected chi connectivity index (χ1v) is 7.29. The summed E-state index contributed by atoms with van der Waals surface area (Å²) in [5.74, 6) is -1.27. The van der Waals surface area contributed by atoms with E-state index in [1.165, 1.54) is 6.07 Å². The van der Waals surface area contributed by atoms with Crippen LogP contribution in [-0.4, -0.2) is 37.9 Å². The second kappa shape index (κ2) is 6.54. The zero-order valence-corrected chi connectivity index (χ0v) is 12.8. The van der Waals surface area contributed by atoms with Gasteiger partial charge < -0.3 is 14.7 Å². The molecule has 1 fully saturated rings. The van der Waals surface area contributed by atoms with Crippen molar-refractivity contribution in [2.24, 2.45) is 5.92 Å². The minimum absolute atomic E-state index is 0.0105. The second-order valence-electron chi connectivity index (χ2n) is 4.97. The number of ether oxygens (including phenoxy) is 1. The Hall–Kier alpha value is -1.14. The van der Waals surface area contributed by atoms with Crippen LogP contribution in [-0.2, 0) is 4.74 Å². The Bertz CT molecular complexity index is 507.